The highest BCUT2D eigenvalue weighted by Crippen LogP contribution is 2.19. The molecule has 1 aromatic rings. The van der Waals surface area contributed by atoms with Crippen LogP contribution in [0.1, 0.15) is 32.8 Å². The molecule has 1 aliphatic heterocycles. The summed E-state index contributed by atoms with van der Waals surface area (Å²) in [6.45, 7) is 6.62. The molecule has 1 heterocycles. The van der Waals surface area contributed by atoms with E-state index in [0.29, 0.717) is 31.8 Å². The average Bonchev–Trinajstić information content (AvgIpc) is 2.57. The van der Waals surface area contributed by atoms with E-state index >= 15 is 0 Å². The third-order valence-electron chi connectivity index (χ3n) is 4.20. The van der Waals surface area contributed by atoms with Crippen LogP contribution in [0, 0.1) is 17.5 Å². The van der Waals surface area contributed by atoms with Crippen molar-refractivity contribution in [2.24, 2.45) is 0 Å². The number of benzene rings is 1. The molecule has 29 heavy (non-hydrogen) atoms. The highest BCUT2D eigenvalue weighted by Gasteiger charge is 2.28. The molecule has 0 radical (unpaired) electrons. The Labute approximate surface area is 173 Å². The SMILES string of the molecule is CC(C)(C)NC(=O)O[C@@H](CC(=O)N1CCNC(S)C1)Cc1cc(F)c(F)cc1F. The first-order chi connectivity index (χ1) is 13.4. The fourth-order valence-electron chi connectivity index (χ4n) is 2.89. The maximum atomic E-state index is 14.1. The third-order valence-corrected chi connectivity index (χ3v) is 4.54. The number of hydrogen-bond donors (Lipinski definition) is 3. The molecule has 0 bridgehead atoms. The van der Waals surface area contributed by atoms with Gasteiger partial charge in [0.25, 0.3) is 0 Å². The molecule has 0 aromatic heterocycles. The normalized spacial score (nSPS) is 18.3. The predicted molar refractivity (Wildman–Crippen MR) is 105 cm³/mol. The quantitative estimate of drug-likeness (QED) is 0.493. The lowest BCUT2D eigenvalue weighted by molar-refractivity contribution is -0.134. The third kappa shape index (κ3) is 7.43. The number of carbonyl (C=O) groups excluding carboxylic acids is 2. The number of hydrogen-bond acceptors (Lipinski definition) is 5. The molecule has 2 rings (SSSR count). The Bertz CT molecular complexity index is 758. The number of alkyl carbamates (subject to hydrolysis) is 1. The largest absolute Gasteiger partial charge is 0.445 e. The lowest BCUT2D eigenvalue weighted by Gasteiger charge is -2.32. The van der Waals surface area contributed by atoms with Crippen LogP contribution in [0.4, 0.5) is 18.0 Å². The minimum atomic E-state index is -1.31. The summed E-state index contributed by atoms with van der Waals surface area (Å²) in [5.41, 5.74) is -0.769. The van der Waals surface area contributed by atoms with Crippen LogP contribution in [0.2, 0.25) is 0 Å². The summed E-state index contributed by atoms with van der Waals surface area (Å²) >= 11 is 4.30. The van der Waals surface area contributed by atoms with E-state index in [9.17, 15) is 22.8 Å². The van der Waals surface area contributed by atoms with Gasteiger partial charge in [-0.25, -0.2) is 18.0 Å². The lowest BCUT2D eigenvalue weighted by Crippen LogP contribution is -2.51. The predicted octanol–water partition coefficient (Wildman–Crippen LogP) is 2.62. The van der Waals surface area contributed by atoms with E-state index in [2.05, 4.69) is 23.3 Å². The number of halogens is 3. The Morgan fingerprint density at radius 3 is 2.55 bits per heavy atom. The summed E-state index contributed by atoms with van der Waals surface area (Å²) < 4.78 is 46.1. The maximum Gasteiger partial charge on any atom is 0.407 e. The van der Waals surface area contributed by atoms with Crippen molar-refractivity contribution >= 4 is 24.6 Å². The van der Waals surface area contributed by atoms with Crippen molar-refractivity contribution in [2.45, 2.75) is 50.6 Å². The monoisotopic (exact) mass is 433 g/mol. The van der Waals surface area contributed by atoms with Crippen LogP contribution in [0.3, 0.4) is 0 Å². The summed E-state index contributed by atoms with van der Waals surface area (Å²) in [4.78, 5) is 26.4. The average molecular weight is 433 g/mol. The van der Waals surface area contributed by atoms with Crippen molar-refractivity contribution in [2.75, 3.05) is 19.6 Å². The van der Waals surface area contributed by atoms with Gasteiger partial charge in [0.05, 0.1) is 11.8 Å². The van der Waals surface area contributed by atoms with Gasteiger partial charge < -0.3 is 20.3 Å². The fraction of sp³-hybridized carbons (Fsp3) is 0.579. The number of amides is 2. The smallest absolute Gasteiger partial charge is 0.407 e. The van der Waals surface area contributed by atoms with Gasteiger partial charge >= 0.3 is 6.09 Å². The summed E-state index contributed by atoms with van der Waals surface area (Å²) in [7, 11) is 0. The highest BCUT2D eigenvalue weighted by molar-refractivity contribution is 7.80. The molecule has 6 nitrogen and oxygen atoms in total. The first-order valence-corrected chi connectivity index (χ1v) is 9.77. The molecule has 0 saturated carbocycles. The van der Waals surface area contributed by atoms with Crippen LogP contribution in [0.15, 0.2) is 12.1 Å². The molecule has 1 fully saturated rings. The van der Waals surface area contributed by atoms with Gasteiger partial charge in [0, 0.05) is 37.7 Å². The van der Waals surface area contributed by atoms with Crippen molar-refractivity contribution in [1.82, 2.24) is 15.5 Å². The van der Waals surface area contributed by atoms with Crippen LogP contribution < -0.4 is 10.6 Å². The summed E-state index contributed by atoms with van der Waals surface area (Å²) in [5, 5.41) is 5.50. The van der Waals surface area contributed by atoms with Gasteiger partial charge in [-0.15, -0.1) is 0 Å². The molecule has 0 spiro atoms. The molecule has 0 aliphatic carbocycles. The number of piperazine rings is 1. The zero-order chi connectivity index (χ0) is 21.8. The van der Waals surface area contributed by atoms with E-state index in [0.717, 1.165) is 0 Å². The molecular weight excluding hydrogens is 407 g/mol. The van der Waals surface area contributed by atoms with Gasteiger partial charge in [-0.05, 0) is 32.4 Å². The number of ether oxygens (including phenoxy) is 1. The highest BCUT2D eigenvalue weighted by atomic mass is 32.1. The molecule has 162 valence electrons. The van der Waals surface area contributed by atoms with Gasteiger partial charge in [-0.1, -0.05) is 0 Å². The Kier molecular flexibility index (Phi) is 7.81. The zero-order valence-corrected chi connectivity index (χ0v) is 17.5. The van der Waals surface area contributed by atoms with Crippen molar-refractivity contribution in [3.05, 3.63) is 35.1 Å². The number of nitrogens with one attached hydrogen (secondary N) is 2. The van der Waals surface area contributed by atoms with Crippen molar-refractivity contribution in [1.29, 1.82) is 0 Å². The standard InChI is InChI=1S/C19H26F3N3O3S/c1-19(2,3)24-18(27)28-12(6-11-7-14(21)15(22)9-13(11)20)8-17(26)25-5-4-23-16(29)10-25/h7,9,12,16,23,29H,4-6,8,10H2,1-3H3,(H,24,27)/t12-,16?/m1/s1. The molecule has 1 saturated heterocycles. The Balaban J connectivity index is 2.15. The topological polar surface area (TPSA) is 70.7 Å². The zero-order valence-electron chi connectivity index (χ0n) is 16.6. The number of carbonyl (C=O) groups is 2. The van der Waals surface area contributed by atoms with Gasteiger partial charge in [-0.3, -0.25) is 4.79 Å². The number of rotatable bonds is 5. The second-order valence-corrected chi connectivity index (χ2v) is 8.60. The Morgan fingerprint density at radius 1 is 1.28 bits per heavy atom. The molecule has 2 atom stereocenters. The Morgan fingerprint density at radius 2 is 1.93 bits per heavy atom. The van der Waals surface area contributed by atoms with E-state index in [-0.39, 0.29) is 29.7 Å². The molecule has 1 aromatic carbocycles. The molecule has 10 heteroatoms. The number of thiol groups is 1. The van der Waals surface area contributed by atoms with Crippen LogP contribution in [0.5, 0.6) is 0 Å². The second kappa shape index (κ2) is 9.71. The lowest BCUT2D eigenvalue weighted by atomic mass is 10.0. The van der Waals surface area contributed by atoms with Gasteiger partial charge in [0.15, 0.2) is 11.6 Å². The summed E-state index contributed by atoms with van der Waals surface area (Å²) in [6.07, 6.45) is -2.35. The first kappa shape index (κ1) is 23.3. The van der Waals surface area contributed by atoms with Crippen molar-refractivity contribution in [3.63, 3.8) is 0 Å². The van der Waals surface area contributed by atoms with E-state index in [4.69, 9.17) is 4.74 Å². The minimum absolute atomic E-state index is 0.181. The van der Waals surface area contributed by atoms with Gasteiger partial charge in [-0.2, -0.15) is 12.6 Å². The van der Waals surface area contributed by atoms with E-state index in [1.807, 2.05) is 0 Å². The number of nitrogens with zero attached hydrogens (tertiary/aromatic N) is 1. The van der Waals surface area contributed by atoms with E-state index in [1.165, 1.54) is 0 Å². The molecule has 2 N–H and O–H groups in total. The van der Waals surface area contributed by atoms with Crippen LogP contribution in [-0.2, 0) is 16.0 Å². The van der Waals surface area contributed by atoms with Crippen LogP contribution >= 0.6 is 12.6 Å². The van der Waals surface area contributed by atoms with Gasteiger partial charge in [0.2, 0.25) is 5.91 Å². The molecule has 1 unspecified atom stereocenters. The molecule has 1 aliphatic rings. The Hall–Kier alpha value is -1.94. The van der Waals surface area contributed by atoms with Gasteiger partial charge in [0.1, 0.15) is 11.9 Å². The van der Waals surface area contributed by atoms with Crippen LogP contribution in [0.25, 0.3) is 0 Å². The molecular formula is C19H26F3N3O3S. The van der Waals surface area contributed by atoms with Crippen LogP contribution in [-0.4, -0.2) is 53.6 Å². The summed E-state index contributed by atoms with van der Waals surface area (Å²) in [5.74, 6) is -3.81. The fourth-order valence-corrected chi connectivity index (χ4v) is 3.22. The van der Waals surface area contributed by atoms with Crippen molar-refractivity contribution in [3.8, 4) is 0 Å². The first-order valence-electron chi connectivity index (χ1n) is 9.26. The minimum Gasteiger partial charge on any atom is -0.445 e. The maximum absolute atomic E-state index is 14.1. The van der Waals surface area contributed by atoms with Crippen molar-refractivity contribution < 1.29 is 27.5 Å². The van der Waals surface area contributed by atoms with E-state index < -0.39 is 35.2 Å². The summed E-state index contributed by atoms with van der Waals surface area (Å²) in [6, 6.07) is 1.14. The van der Waals surface area contributed by atoms with E-state index in [1.54, 1.807) is 25.7 Å². The molecule has 2 amide bonds. The second-order valence-electron chi connectivity index (χ2n) is 7.98.